The highest BCUT2D eigenvalue weighted by atomic mass is 15.2. The Morgan fingerprint density at radius 1 is 1.08 bits per heavy atom. The van der Waals surface area contributed by atoms with E-state index in [2.05, 4.69) is 54.3 Å². The zero-order valence-corrected chi connectivity index (χ0v) is 15.1. The second kappa shape index (κ2) is 6.51. The lowest BCUT2D eigenvalue weighted by atomic mass is 9.91. The summed E-state index contributed by atoms with van der Waals surface area (Å²) in [5, 5.41) is 7.57. The monoisotopic (exact) mass is 330 g/mol. The molecule has 0 radical (unpaired) electrons. The molecule has 2 nitrogen and oxygen atoms in total. The number of rotatable bonds is 4. The van der Waals surface area contributed by atoms with Gasteiger partial charge in [-0.2, -0.15) is 0 Å². The van der Waals surface area contributed by atoms with Crippen LogP contribution >= 0.6 is 0 Å². The Hall–Kier alpha value is -2.35. The van der Waals surface area contributed by atoms with Crippen LogP contribution in [0.25, 0.3) is 5.57 Å². The maximum Gasteiger partial charge on any atom is 0.0435 e. The molecule has 2 aromatic rings. The second-order valence-electron chi connectivity index (χ2n) is 7.42. The Kier molecular flexibility index (Phi) is 4.20. The van der Waals surface area contributed by atoms with E-state index in [9.17, 15) is 0 Å². The zero-order valence-electron chi connectivity index (χ0n) is 15.1. The third-order valence-electron chi connectivity index (χ3n) is 5.67. The lowest BCUT2D eigenvalue weighted by molar-refractivity contribution is 0.593. The molecule has 1 fully saturated rings. The summed E-state index contributed by atoms with van der Waals surface area (Å²) in [5.41, 5.74) is 7.83. The Balaban J connectivity index is 1.59. The van der Waals surface area contributed by atoms with Gasteiger partial charge in [0.1, 0.15) is 0 Å². The molecule has 0 aromatic heterocycles. The average molecular weight is 330 g/mol. The van der Waals surface area contributed by atoms with Crippen molar-refractivity contribution in [2.75, 3.05) is 4.90 Å². The molecule has 128 valence electrons. The first-order chi connectivity index (χ1) is 12.2. The summed E-state index contributed by atoms with van der Waals surface area (Å²) < 4.78 is 0. The molecule has 1 atom stereocenters. The molecule has 2 heteroatoms. The predicted molar refractivity (Wildman–Crippen MR) is 107 cm³/mol. The summed E-state index contributed by atoms with van der Waals surface area (Å²) in [7, 11) is 0. The molecule has 4 rings (SSSR count). The molecule has 2 aromatic carbocycles. The van der Waals surface area contributed by atoms with E-state index >= 15 is 0 Å². The van der Waals surface area contributed by atoms with Crippen LogP contribution in [0, 0.1) is 5.41 Å². The fourth-order valence-electron chi connectivity index (χ4n) is 3.95. The number of hydrogen-bond acceptors (Lipinski definition) is 2. The van der Waals surface area contributed by atoms with Crippen molar-refractivity contribution in [2.45, 2.75) is 51.6 Å². The van der Waals surface area contributed by atoms with E-state index < -0.39 is 0 Å². The molecule has 0 amide bonds. The van der Waals surface area contributed by atoms with Crippen LogP contribution in [0.5, 0.6) is 0 Å². The van der Waals surface area contributed by atoms with Crippen LogP contribution in [-0.2, 0) is 13.0 Å². The van der Waals surface area contributed by atoms with Crippen LogP contribution in [0.1, 0.15) is 54.9 Å². The number of allylic oxidation sites excluding steroid dienone is 2. The van der Waals surface area contributed by atoms with Gasteiger partial charge in [0, 0.05) is 24.5 Å². The Morgan fingerprint density at radius 2 is 1.84 bits per heavy atom. The van der Waals surface area contributed by atoms with Crippen LogP contribution in [0.15, 0.2) is 48.5 Å². The van der Waals surface area contributed by atoms with Gasteiger partial charge in [0.25, 0.3) is 0 Å². The third kappa shape index (κ3) is 3.13. The van der Waals surface area contributed by atoms with Crippen LogP contribution in [0.3, 0.4) is 0 Å². The van der Waals surface area contributed by atoms with Crippen molar-refractivity contribution in [3.8, 4) is 0 Å². The second-order valence-corrected chi connectivity index (χ2v) is 7.42. The number of fused-ring (bicyclic) bond motifs is 1. The van der Waals surface area contributed by atoms with Gasteiger partial charge in [-0.1, -0.05) is 36.4 Å². The van der Waals surface area contributed by atoms with Crippen molar-refractivity contribution in [3.63, 3.8) is 0 Å². The summed E-state index contributed by atoms with van der Waals surface area (Å²) in [4.78, 5) is 2.52. The predicted octanol–water partition coefficient (Wildman–Crippen LogP) is 5.57. The van der Waals surface area contributed by atoms with E-state index in [1.807, 2.05) is 13.0 Å². The van der Waals surface area contributed by atoms with E-state index in [4.69, 9.17) is 5.41 Å². The van der Waals surface area contributed by atoms with Crippen molar-refractivity contribution in [2.24, 2.45) is 0 Å². The van der Waals surface area contributed by atoms with Gasteiger partial charge in [-0.25, -0.2) is 0 Å². The first-order valence-corrected chi connectivity index (χ1v) is 9.35. The molecular weight excluding hydrogens is 304 g/mol. The average Bonchev–Trinajstić information content (AvgIpc) is 3.47. The van der Waals surface area contributed by atoms with Gasteiger partial charge in [-0.05, 0) is 79.0 Å². The maximum absolute atomic E-state index is 7.57. The van der Waals surface area contributed by atoms with Gasteiger partial charge in [-0.3, -0.25) is 0 Å². The van der Waals surface area contributed by atoms with E-state index in [1.54, 1.807) is 0 Å². The molecule has 1 heterocycles. The highest BCUT2D eigenvalue weighted by molar-refractivity contribution is 6.08. The van der Waals surface area contributed by atoms with Gasteiger partial charge in [0.15, 0.2) is 0 Å². The maximum atomic E-state index is 7.57. The van der Waals surface area contributed by atoms with Gasteiger partial charge >= 0.3 is 0 Å². The molecule has 1 N–H and O–H groups in total. The SMILES string of the molecule is C/C=C(\C=N)c1ccc2c(c1)CC(C)N(c1ccc(C3CC3)cc1)C2. The molecule has 1 aliphatic heterocycles. The van der Waals surface area contributed by atoms with Gasteiger partial charge in [-0.15, -0.1) is 0 Å². The van der Waals surface area contributed by atoms with Crippen molar-refractivity contribution >= 4 is 17.5 Å². The van der Waals surface area contributed by atoms with Crippen LogP contribution in [0.2, 0.25) is 0 Å². The number of nitrogens with one attached hydrogen (secondary N) is 1. The fourth-order valence-corrected chi connectivity index (χ4v) is 3.95. The number of benzene rings is 2. The first-order valence-electron chi connectivity index (χ1n) is 9.35. The first kappa shape index (κ1) is 16.1. The van der Waals surface area contributed by atoms with Gasteiger partial charge in [0.05, 0.1) is 0 Å². The summed E-state index contributed by atoms with van der Waals surface area (Å²) in [5.74, 6) is 0.821. The number of nitrogens with zero attached hydrogens (tertiary/aromatic N) is 1. The lowest BCUT2D eigenvalue weighted by Gasteiger charge is -2.37. The Bertz CT molecular complexity index is 812. The normalized spacial score (nSPS) is 20.3. The Labute approximate surface area is 150 Å². The van der Waals surface area contributed by atoms with Crippen molar-refractivity contribution in [1.82, 2.24) is 0 Å². The Morgan fingerprint density at radius 3 is 2.48 bits per heavy atom. The third-order valence-corrected chi connectivity index (χ3v) is 5.67. The molecule has 1 aliphatic carbocycles. The quantitative estimate of drug-likeness (QED) is 0.729. The summed E-state index contributed by atoms with van der Waals surface area (Å²) in [6, 6.07) is 16.4. The highest BCUT2D eigenvalue weighted by Gasteiger charge is 2.25. The minimum atomic E-state index is 0.489. The minimum Gasteiger partial charge on any atom is -0.364 e. The standard InChI is InChI=1S/C23H26N2/c1-3-17(14-24)20-6-7-21-15-25(16(2)12-22(21)13-20)23-10-8-19(9-11-23)18-4-5-18/h3,6-11,13-14,16,18,24H,4-5,12,15H2,1-2H3/b17-3+,24-14?. The summed E-state index contributed by atoms with van der Waals surface area (Å²) in [6.07, 6.45) is 7.23. The van der Waals surface area contributed by atoms with Gasteiger partial charge < -0.3 is 10.3 Å². The summed E-state index contributed by atoms with van der Waals surface area (Å²) in [6.45, 7) is 5.28. The largest absolute Gasteiger partial charge is 0.364 e. The smallest absolute Gasteiger partial charge is 0.0435 e. The van der Waals surface area contributed by atoms with E-state index in [-0.39, 0.29) is 0 Å². The molecule has 1 unspecified atom stereocenters. The lowest BCUT2D eigenvalue weighted by Crippen LogP contribution is -2.38. The number of anilines is 1. The van der Waals surface area contributed by atoms with Crippen LogP contribution in [-0.4, -0.2) is 12.3 Å². The topological polar surface area (TPSA) is 27.1 Å². The molecular formula is C23H26N2. The summed E-state index contributed by atoms with van der Waals surface area (Å²) >= 11 is 0. The molecule has 0 bridgehead atoms. The minimum absolute atomic E-state index is 0.489. The van der Waals surface area contributed by atoms with Crippen molar-refractivity contribution in [1.29, 1.82) is 5.41 Å². The molecule has 0 saturated heterocycles. The van der Waals surface area contributed by atoms with Crippen molar-refractivity contribution < 1.29 is 0 Å². The number of hydrogen-bond donors (Lipinski definition) is 1. The molecule has 0 spiro atoms. The van der Waals surface area contributed by atoms with E-state index in [0.717, 1.165) is 30.0 Å². The molecule has 25 heavy (non-hydrogen) atoms. The zero-order chi connectivity index (χ0) is 17.4. The highest BCUT2D eigenvalue weighted by Crippen LogP contribution is 2.41. The van der Waals surface area contributed by atoms with E-state index in [1.165, 1.54) is 41.4 Å². The molecule has 1 saturated carbocycles. The molecule has 2 aliphatic rings. The fraction of sp³-hybridized carbons (Fsp3) is 0.348. The van der Waals surface area contributed by atoms with Crippen LogP contribution < -0.4 is 4.90 Å². The van der Waals surface area contributed by atoms with Crippen molar-refractivity contribution in [3.05, 3.63) is 70.8 Å². The van der Waals surface area contributed by atoms with E-state index in [0.29, 0.717) is 6.04 Å². The van der Waals surface area contributed by atoms with Crippen LogP contribution in [0.4, 0.5) is 5.69 Å². The van der Waals surface area contributed by atoms with Gasteiger partial charge in [0.2, 0.25) is 0 Å².